The standard InChI is InChI=1S/C16H11ClN4O3/c1-9-5-16(22)24-12-7-13(11(17)6-10(9)12)23-8-15-20-19-14-3-2-4-18-21(14)15/h2-7H,8H2,1H3. The van der Waals surface area contributed by atoms with Crippen molar-refractivity contribution < 1.29 is 9.15 Å². The third-order valence-electron chi connectivity index (χ3n) is 3.60. The van der Waals surface area contributed by atoms with Crippen LogP contribution in [0.5, 0.6) is 5.75 Å². The highest BCUT2D eigenvalue weighted by Gasteiger charge is 2.12. The maximum absolute atomic E-state index is 11.5. The number of aryl methyl sites for hydroxylation is 1. The monoisotopic (exact) mass is 342 g/mol. The molecule has 0 aliphatic rings. The summed E-state index contributed by atoms with van der Waals surface area (Å²) in [5.74, 6) is 0.929. The largest absolute Gasteiger partial charge is 0.484 e. The van der Waals surface area contributed by atoms with Gasteiger partial charge in [-0.15, -0.1) is 10.2 Å². The van der Waals surface area contributed by atoms with E-state index in [9.17, 15) is 4.79 Å². The van der Waals surface area contributed by atoms with E-state index in [0.717, 1.165) is 10.9 Å². The molecule has 0 saturated carbocycles. The van der Waals surface area contributed by atoms with Crippen molar-refractivity contribution in [1.82, 2.24) is 19.8 Å². The molecule has 0 fully saturated rings. The Bertz CT molecular complexity index is 1120. The fourth-order valence-electron chi connectivity index (χ4n) is 2.45. The molecule has 1 aromatic carbocycles. The van der Waals surface area contributed by atoms with Gasteiger partial charge in [0, 0.05) is 23.7 Å². The molecule has 7 nitrogen and oxygen atoms in total. The molecule has 0 N–H and O–H groups in total. The molecule has 4 aromatic rings. The molecule has 8 heteroatoms. The van der Waals surface area contributed by atoms with Crippen LogP contribution in [0.15, 0.2) is 45.7 Å². The van der Waals surface area contributed by atoms with E-state index in [2.05, 4.69) is 15.3 Å². The van der Waals surface area contributed by atoms with Crippen molar-refractivity contribution in [2.75, 3.05) is 0 Å². The number of hydrogen-bond acceptors (Lipinski definition) is 6. The van der Waals surface area contributed by atoms with Gasteiger partial charge in [-0.05, 0) is 30.7 Å². The molecule has 24 heavy (non-hydrogen) atoms. The summed E-state index contributed by atoms with van der Waals surface area (Å²) in [6.45, 7) is 1.95. The summed E-state index contributed by atoms with van der Waals surface area (Å²) < 4.78 is 12.5. The van der Waals surface area contributed by atoms with E-state index >= 15 is 0 Å². The van der Waals surface area contributed by atoms with Crippen LogP contribution in [0.4, 0.5) is 0 Å². The lowest BCUT2D eigenvalue weighted by molar-refractivity contribution is 0.292. The Kier molecular flexibility index (Phi) is 3.42. The van der Waals surface area contributed by atoms with E-state index in [-0.39, 0.29) is 6.61 Å². The van der Waals surface area contributed by atoms with Crippen molar-refractivity contribution in [3.8, 4) is 5.75 Å². The van der Waals surface area contributed by atoms with E-state index in [1.54, 1.807) is 35.0 Å². The summed E-state index contributed by atoms with van der Waals surface area (Å²) in [7, 11) is 0. The second kappa shape index (κ2) is 5.61. The zero-order valence-corrected chi connectivity index (χ0v) is 13.3. The Labute approximate surface area is 140 Å². The third kappa shape index (κ3) is 2.48. The topological polar surface area (TPSA) is 82.5 Å². The predicted octanol–water partition coefficient (Wildman–Crippen LogP) is 2.77. The van der Waals surface area contributed by atoms with Crippen molar-refractivity contribution in [2.45, 2.75) is 13.5 Å². The van der Waals surface area contributed by atoms with Crippen molar-refractivity contribution in [2.24, 2.45) is 0 Å². The first-order chi connectivity index (χ1) is 11.6. The second-order valence-electron chi connectivity index (χ2n) is 5.23. The molecule has 0 saturated heterocycles. The number of halogens is 1. The summed E-state index contributed by atoms with van der Waals surface area (Å²) in [4.78, 5) is 11.5. The van der Waals surface area contributed by atoms with Crippen LogP contribution in [-0.2, 0) is 6.61 Å². The molecule has 0 bridgehead atoms. The minimum absolute atomic E-state index is 0.124. The molecular formula is C16H11ClN4O3. The van der Waals surface area contributed by atoms with Crippen LogP contribution in [0, 0.1) is 6.92 Å². The Hall–Kier alpha value is -2.93. The predicted molar refractivity (Wildman–Crippen MR) is 87.3 cm³/mol. The van der Waals surface area contributed by atoms with Gasteiger partial charge in [-0.3, -0.25) is 0 Å². The van der Waals surface area contributed by atoms with Crippen LogP contribution in [0.1, 0.15) is 11.4 Å². The minimum Gasteiger partial charge on any atom is -0.484 e. The van der Waals surface area contributed by atoms with Crippen molar-refractivity contribution in [3.63, 3.8) is 0 Å². The Morgan fingerprint density at radius 3 is 3.04 bits per heavy atom. The normalized spacial score (nSPS) is 11.2. The Balaban J connectivity index is 1.69. The Morgan fingerprint density at radius 2 is 2.17 bits per heavy atom. The molecule has 3 heterocycles. The van der Waals surface area contributed by atoms with Crippen molar-refractivity contribution in [1.29, 1.82) is 0 Å². The first-order valence-electron chi connectivity index (χ1n) is 7.14. The van der Waals surface area contributed by atoms with Gasteiger partial charge >= 0.3 is 5.63 Å². The molecule has 0 aliphatic heterocycles. The minimum atomic E-state index is -0.416. The van der Waals surface area contributed by atoms with Crippen LogP contribution in [-0.4, -0.2) is 19.8 Å². The van der Waals surface area contributed by atoms with Gasteiger partial charge in [-0.25, -0.2) is 4.79 Å². The van der Waals surface area contributed by atoms with Crippen LogP contribution in [0.3, 0.4) is 0 Å². The summed E-state index contributed by atoms with van der Waals surface area (Å²) in [6, 6.07) is 8.31. The number of hydrogen-bond donors (Lipinski definition) is 0. The number of ether oxygens (including phenoxy) is 1. The molecule has 0 spiro atoms. The van der Waals surface area contributed by atoms with E-state index in [1.165, 1.54) is 6.07 Å². The quantitative estimate of drug-likeness (QED) is 0.532. The van der Waals surface area contributed by atoms with Gasteiger partial charge in [0.25, 0.3) is 0 Å². The van der Waals surface area contributed by atoms with Crippen molar-refractivity contribution in [3.05, 3.63) is 63.4 Å². The molecule has 3 aromatic heterocycles. The van der Waals surface area contributed by atoms with Gasteiger partial charge < -0.3 is 9.15 Å². The van der Waals surface area contributed by atoms with Crippen LogP contribution >= 0.6 is 11.6 Å². The second-order valence-corrected chi connectivity index (χ2v) is 5.63. The summed E-state index contributed by atoms with van der Waals surface area (Å²) in [5.41, 5.74) is 1.43. The van der Waals surface area contributed by atoms with Crippen LogP contribution in [0.2, 0.25) is 5.02 Å². The van der Waals surface area contributed by atoms with E-state index < -0.39 is 5.63 Å². The molecule has 4 rings (SSSR count). The van der Waals surface area contributed by atoms with Gasteiger partial charge in [0.15, 0.2) is 11.5 Å². The maximum atomic E-state index is 11.5. The van der Waals surface area contributed by atoms with E-state index in [4.69, 9.17) is 20.8 Å². The van der Waals surface area contributed by atoms with Crippen molar-refractivity contribution >= 4 is 28.2 Å². The number of benzene rings is 1. The van der Waals surface area contributed by atoms with Gasteiger partial charge in [-0.2, -0.15) is 9.61 Å². The average molecular weight is 343 g/mol. The van der Waals surface area contributed by atoms with Gasteiger partial charge in [0.05, 0.1) is 5.02 Å². The molecule has 0 atom stereocenters. The maximum Gasteiger partial charge on any atom is 0.336 e. The lowest BCUT2D eigenvalue weighted by atomic mass is 10.1. The zero-order chi connectivity index (χ0) is 16.7. The zero-order valence-electron chi connectivity index (χ0n) is 12.6. The summed E-state index contributed by atoms with van der Waals surface area (Å²) >= 11 is 6.27. The Morgan fingerprint density at radius 1 is 1.29 bits per heavy atom. The van der Waals surface area contributed by atoms with Gasteiger partial charge in [-0.1, -0.05) is 11.6 Å². The fourth-order valence-corrected chi connectivity index (χ4v) is 2.67. The molecule has 0 radical (unpaired) electrons. The third-order valence-corrected chi connectivity index (χ3v) is 3.90. The highest BCUT2D eigenvalue weighted by Crippen LogP contribution is 2.31. The summed E-state index contributed by atoms with van der Waals surface area (Å²) in [5, 5.41) is 13.4. The molecular weight excluding hydrogens is 332 g/mol. The summed E-state index contributed by atoms with van der Waals surface area (Å²) in [6.07, 6.45) is 1.64. The number of rotatable bonds is 3. The highest BCUT2D eigenvalue weighted by molar-refractivity contribution is 6.32. The number of nitrogens with zero attached hydrogens (tertiary/aromatic N) is 4. The first-order valence-corrected chi connectivity index (χ1v) is 7.52. The van der Waals surface area contributed by atoms with Gasteiger partial charge in [0.2, 0.25) is 0 Å². The first kappa shape index (κ1) is 14.6. The molecule has 0 aliphatic carbocycles. The van der Waals surface area contributed by atoms with E-state index in [0.29, 0.717) is 27.8 Å². The average Bonchev–Trinajstić information content (AvgIpc) is 2.97. The number of fused-ring (bicyclic) bond motifs is 2. The van der Waals surface area contributed by atoms with E-state index in [1.807, 2.05) is 6.92 Å². The SMILES string of the molecule is Cc1cc(=O)oc2cc(OCc3nnc4cccnn34)c(Cl)cc12. The molecule has 0 unspecified atom stereocenters. The molecule has 120 valence electrons. The molecule has 0 amide bonds. The highest BCUT2D eigenvalue weighted by atomic mass is 35.5. The van der Waals surface area contributed by atoms with Crippen LogP contribution in [0.25, 0.3) is 16.6 Å². The lowest BCUT2D eigenvalue weighted by Gasteiger charge is -2.09. The van der Waals surface area contributed by atoms with Crippen LogP contribution < -0.4 is 10.4 Å². The number of aromatic nitrogens is 4. The lowest BCUT2D eigenvalue weighted by Crippen LogP contribution is -2.04. The fraction of sp³-hybridized carbons (Fsp3) is 0.125. The smallest absolute Gasteiger partial charge is 0.336 e. The van der Waals surface area contributed by atoms with Gasteiger partial charge in [0.1, 0.15) is 17.9 Å².